The molecule has 2 aromatic carbocycles. The Bertz CT molecular complexity index is 806. The Balaban J connectivity index is 2.38. The predicted molar refractivity (Wildman–Crippen MR) is 65.3 cm³/mol. The van der Waals surface area contributed by atoms with E-state index >= 15 is 0 Å². The van der Waals surface area contributed by atoms with E-state index in [0.717, 1.165) is 22.8 Å². The van der Waals surface area contributed by atoms with Gasteiger partial charge < -0.3 is 5.73 Å². The molecule has 0 spiro atoms. The highest BCUT2D eigenvalue weighted by Crippen LogP contribution is 2.26. The van der Waals surface area contributed by atoms with Crippen molar-refractivity contribution < 1.29 is 17.6 Å². The average Bonchev–Trinajstić information content (AvgIpc) is 2.64. The van der Waals surface area contributed by atoms with E-state index in [9.17, 15) is 17.6 Å². The van der Waals surface area contributed by atoms with E-state index in [4.69, 9.17) is 5.73 Å². The van der Waals surface area contributed by atoms with Crippen molar-refractivity contribution in [1.29, 1.82) is 0 Å². The summed E-state index contributed by atoms with van der Waals surface area (Å²) in [6.07, 6.45) is 0. The first-order valence-electron chi connectivity index (χ1n) is 5.55. The lowest BCUT2D eigenvalue weighted by Gasteiger charge is -2.07. The lowest BCUT2D eigenvalue weighted by Crippen LogP contribution is -2.01. The normalized spacial score (nSPS) is 11.2. The van der Waals surface area contributed by atoms with Gasteiger partial charge in [0.2, 0.25) is 5.95 Å². The Morgan fingerprint density at radius 1 is 0.850 bits per heavy atom. The molecule has 0 saturated heterocycles. The van der Waals surface area contributed by atoms with Crippen LogP contribution in [-0.2, 0) is 0 Å². The summed E-state index contributed by atoms with van der Waals surface area (Å²) in [4.78, 5) is 3.74. The van der Waals surface area contributed by atoms with E-state index in [-0.39, 0.29) is 22.7 Å². The van der Waals surface area contributed by atoms with E-state index < -0.39 is 23.3 Å². The fraction of sp³-hybridized carbons (Fsp3) is 0. The van der Waals surface area contributed by atoms with Gasteiger partial charge in [-0.15, -0.1) is 0 Å². The molecular formula is C13H7F4N3. The van der Waals surface area contributed by atoms with E-state index in [1.807, 2.05) is 0 Å². The van der Waals surface area contributed by atoms with Crippen LogP contribution in [0.25, 0.3) is 16.7 Å². The fourth-order valence-corrected chi connectivity index (χ4v) is 2.06. The van der Waals surface area contributed by atoms with Crippen LogP contribution >= 0.6 is 0 Å². The van der Waals surface area contributed by atoms with Crippen molar-refractivity contribution in [1.82, 2.24) is 9.55 Å². The Morgan fingerprint density at radius 2 is 1.45 bits per heavy atom. The van der Waals surface area contributed by atoms with E-state index in [1.165, 1.54) is 0 Å². The second-order valence-electron chi connectivity index (χ2n) is 4.19. The van der Waals surface area contributed by atoms with E-state index in [0.29, 0.717) is 12.1 Å². The molecule has 0 atom stereocenters. The number of aromatic nitrogens is 2. The molecule has 2 N–H and O–H groups in total. The maximum Gasteiger partial charge on any atom is 0.206 e. The molecule has 3 rings (SSSR count). The monoisotopic (exact) mass is 281 g/mol. The summed E-state index contributed by atoms with van der Waals surface area (Å²) in [5.74, 6) is -3.61. The molecule has 0 unspecified atom stereocenters. The zero-order valence-electron chi connectivity index (χ0n) is 9.87. The summed E-state index contributed by atoms with van der Waals surface area (Å²) < 4.78 is 54.5. The standard InChI is InChI=1S/C13H7F4N3/c14-6-1-7(15)3-9(2-6)20-11-5-8(16)4-10(17)12(11)19-13(20)18/h1-5H,(H2,18,19). The van der Waals surface area contributed by atoms with E-state index in [2.05, 4.69) is 4.98 Å². The van der Waals surface area contributed by atoms with Crippen LogP contribution in [0.1, 0.15) is 0 Å². The van der Waals surface area contributed by atoms with Gasteiger partial charge in [0, 0.05) is 18.2 Å². The Morgan fingerprint density at radius 3 is 2.10 bits per heavy atom. The van der Waals surface area contributed by atoms with Crippen LogP contribution in [0.5, 0.6) is 0 Å². The van der Waals surface area contributed by atoms with Gasteiger partial charge in [0.05, 0.1) is 11.2 Å². The molecule has 0 bridgehead atoms. The summed E-state index contributed by atoms with van der Waals surface area (Å²) in [6.45, 7) is 0. The van der Waals surface area contributed by atoms with Crippen molar-refractivity contribution >= 4 is 17.0 Å². The molecule has 0 saturated carbocycles. The minimum absolute atomic E-state index is 0.00694. The van der Waals surface area contributed by atoms with Gasteiger partial charge in [-0.3, -0.25) is 4.57 Å². The van der Waals surface area contributed by atoms with Crippen LogP contribution in [0.4, 0.5) is 23.5 Å². The van der Waals surface area contributed by atoms with Crippen LogP contribution in [-0.4, -0.2) is 9.55 Å². The maximum atomic E-state index is 13.6. The third-order valence-corrected chi connectivity index (χ3v) is 2.81. The number of benzene rings is 2. The molecule has 0 amide bonds. The van der Waals surface area contributed by atoms with Crippen LogP contribution in [0.2, 0.25) is 0 Å². The zero-order chi connectivity index (χ0) is 14.4. The molecule has 1 heterocycles. The van der Waals surface area contributed by atoms with Crippen molar-refractivity contribution in [2.24, 2.45) is 0 Å². The molecule has 0 radical (unpaired) electrons. The molecule has 0 aliphatic heterocycles. The number of nitrogens with zero attached hydrogens (tertiary/aromatic N) is 2. The first-order valence-corrected chi connectivity index (χ1v) is 5.55. The molecule has 102 valence electrons. The summed E-state index contributed by atoms with van der Waals surface area (Å²) in [6, 6.07) is 4.31. The number of halogens is 4. The zero-order valence-corrected chi connectivity index (χ0v) is 9.87. The maximum absolute atomic E-state index is 13.6. The Labute approximate surface area is 110 Å². The minimum Gasteiger partial charge on any atom is -0.369 e. The van der Waals surface area contributed by atoms with Gasteiger partial charge in [-0.25, -0.2) is 22.5 Å². The molecule has 7 heteroatoms. The largest absolute Gasteiger partial charge is 0.369 e. The SMILES string of the molecule is Nc1nc2c(F)cc(F)cc2n1-c1cc(F)cc(F)c1. The number of nitrogens with two attached hydrogens (primary N) is 1. The first-order chi connectivity index (χ1) is 9.45. The van der Waals surface area contributed by atoms with Gasteiger partial charge in [0.15, 0.2) is 5.82 Å². The van der Waals surface area contributed by atoms with Gasteiger partial charge in [0.1, 0.15) is 23.0 Å². The van der Waals surface area contributed by atoms with Crippen LogP contribution in [0.15, 0.2) is 30.3 Å². The minimum atomic E-state index is -0.901. The van der Waals surface area contributed by atoms with Crippen molar-refractivity contribution in [2.45, 2.75) is 0 Å². The fourth-order valence-electron chi connectivity index (χ4n) is 2.06. The number of imidazole rings is 1. The third-order valence-electron chi connectivity index (χ3n) is 2.81. The molecule has 3 aromatic rings. The molecule has 20 heavy (non-hydrogen) atoms. The number of fused-ring (bicyclic) bond motifs is 1. The quantitative estimate of drug-likeness (QED) is 0.696. The van der Waals surface area contributed by atoms with Crippen LogP contribution < -0.4 is 5.73 Å². The first kappa shape index (κ1) is 12.5. The van der Waals surface area contributed by atoms with Gasteiger partial charge in [-0.05, 0) is 12.1 Å². The molecular weight excluding hydrogens is 274 g/mol. The molecule has 0 fully saturated rings. The smallest absolute Gasteiger partial charge is 0.206 e. The van der Waals surface area contributed by atoms with Gasteiger partial charge in [-0.2, -0.15) is 0 Å². The lowest BCUT2D eigenvalue weighted by atomic mass is 10.2. The van der Waals surface area contributed by atoms with E-state index in [1.54, 1.807) is 0 Å². The van der Waals surface area contributed by atoms with Crippen molar-refractivity contribution in [3.63, 3.8) is 0 Å². The number of rotatable bonds is 1. The van der Waals surface area contributed by atoms with Crippen LogP contribution in [0, 0.1) is 23.3 Å². The number of nitrogen functional groups attached to an aromatic ring is 1. The number of hydrogen-bond acceptors (Lipinski definition) is 2. The molecule has 1 aromatic heterocycles. The van der Waals surface area contributed by atoms with Crippen LogP contribution in [0.3, 0.4) is 0 Å². The topological polar surface area (TPSA) is 43.8 Å². The summed E-state index contributed by atoms with van der Waals surface area (Å²) >= 11 is 0. The average molecular weight is 281 g/mol. The number of hydrogen-bond donors (Lipinski definition) is 1. The predicted octanol–water partition coefficient (Wildman–Crippen LogP) is 3.16. The molecule has 3 nitrogen and oxygen atoms in total. The highest BCUT2D eigenvalue weighted by atomic mass is 19.1. The highest BCUT2D eigenvalue weighted by molar-refractivity contribution is 5.81. The second-order valence-corrected chi connectivity index (χ2v) is 4.19. The van der Waals surface area contributed by atoms with Crippen molar-refractivity contribution in [3.8, 4) is 5.69 Å². The van der Waals surface area contributed by atoms with Gasteiger partial charge in [-0.1, -0.05) is 0 Å². The van der Waals surface area contributed by atoms with Crippen molar-refractivity contribution in [2.75, 3.05) is 5.73 Å². The second kappa shape index (κ2) is 4.22. The lowest BCUT2D eigenvalue weighted by molar-refractivity contribution is 0.582. The van der Waals surface area contributed by atoms with Crippen molar-refractivity contribution in [3.05, 3.63) is 53.6 Å². The number of anilines is 1. The Kier molecular flexibility index (Phi) is 2.63. The summed E-state index contributed by atoms with van der Waals surface area (Å²) in [5.41, 5.74) is 5.43. The molecule has 0 aliphatic rings. The Hall–Kier alpha value is -2.57. The molecule has 0 aliphatic carbocycles. The van der Waals surface area contributed by atoms with Gasteiger partial charge >= 0.3 is 0 Å². The third kappa shape index (κ3) is 1.87. The van der Waals surface area contributed by atoms with Gasteiger partial charge in [0.25, 0.3) is 0 Å². The highest BCUT2D eigenvalue weighted by Gasteiger charge is 2.16. The summed E-state index contributed by atoms with van der Waals surface area (Å²) in [5, 5.41) is 0. The summed E-state index contributed by atoms with van der Waals surface area (Å²) in [7, 11) is 0.